The van der Waals surface area contributed by atoms with Crippen LogP contribution in [-0.4, -0.2) is 5.78 Å². The molecule has 14 heavy (non-hydrogen) atoms. The summed E-state index contributed by atoms with van der Waals surface area (Å²) in [7, 11) is 0. The standard InChI is InChI=1S/C13H20O/c1-3-7-11(4-2)10-12-8-5-6-9-13(12)14/h3,10-11H,1,4-9H2,2H3. The molecule has 0 saturated heterocycles. The molecule has 0 heterocycles. The molecule has 1 unspecified atom stereocenters. The van der Waals surface area contributed by atoms with Crippen molar-refractivity contribution in [3.8, 4) is 0 Å². The molecule has 0 radical (unpaired) electrons. The number of hydrogen-bond donors (Lipinski definition) is 0. The minimum absolute atomic E-state index is 0.374. The van der Waals surface area contributed by atoms with Crippen LogP contribution in [0.4, 0.5) is 0 Å². The van der Waals surface area contributed by atoms with Crippen molar-refractivity contribution in [2.75, 3.05) is 0 Å². The number of ketones is 1. The summed E-state index contributed by atoms with van der Waals surface area (Å²) in [5.41, 5.74) is 1.07. The number of carbonyl (C=O) groups excluding carboxylic acids is 1. The molecule has 1 saturated carbocycles. The average molecular weight is 192 g/mol. The van der Waals surface area contributed by atoms with E-state index in [1.54, 1.807) is 0 Å². The van der Waals surface area contributed by atoms with E-state index in [1.807, 2.05) is 6.08 Å². The zero-order chi connectivity index (χ0) is 10.4. The van der Waals surface area contributed by atoms with Crippen molar-refractivity contribution >= 4 is 5.78 Å². The Hall–Kier alpha value is -0.850. The van der Waals surface area contributed by atoms with Gasteiger partial charge in [-0.15, -0.1) is 6.58 Å². The van der Waals surface area contributed by atoms with Crippen LogP contribution >= 0.6 is 0 Å². The van der Waals surface area contributed by atoms with Gasteiger partial charge in [-0.05, 0) is 43.6 Å². The summed E-state index contributed by atoms with van der Waals surface area (Å²) in [5.74, 6) is 0.892. The summed E-state index contributed by atoms with van der Waals surface area (Å²) in [5, 5.41) is 0. The molecule has 78 valence electrons. The fourth-order valence-corrected chi connectivity index (χ4v) is 1.93. The monoisotopic (exact) mass is 192 g/mol. The lowest BCUT2D eigenvalue weighted by Crippen LogP contribution is -2.10. The summed E-state index contributed by atoms with van der Waals surface area (Å²) in [4.78, 5) is 11.6. The Kier molecular flexibility index (Phi) is 4.64. The van der Waals surface area contributed by atoms with Crippen molar-refractivity contribution in [1.82, 2.24) is 0 Å². The molecule has 1 aliphatic carbocycles. The molecule has 0 N–H and O–H groups in total. The fraction of sp³-hybridized carbons (Fsp3) is 0.615. The summed E-state index contributed by atoms with van der Waals surface area (Å²) >= 11 is 0. The van der Waals surface area contributed by atoms with Crippen molar-refractivity contribution in [1.29, 1.82) is 0 Å². The third-order valence-electron chi connectivity index (χ3n) is 2.89. The van der Waals surface area contributed by atoms with Crippen LogP contribution in [0.15, 0.2) is 24.3 Å². The molecule has 1 aliphatic rings. The van der Waals surface area contributed by atoms with E-state index in [1.165, 1.54) is 6.42 Å². The molecule has 0 aromatic carbocycles. The molecule has 1 heteroatoms. The largest absolute Gasteiger partial charge is 0.295 e. The minimum Gasteiger partial charge on any atom is -0.295 e. The Labute approximate surface area is 86.9 Å². The van der Waals surface area contributed by atoms with Gasteiger partial charge >= 0.3 is 0 Å². The average Bonchev–Trinajstić information content (AvgIpc) is 2.20. The van der Waals surface area contributed by atoms with Crippen LogP contribution in [0.2, 0.25) is 0 Å². The number of carbonyl (C=O) groups is 1. The number of Topliss-reactive ketones (excluding diaryl/α,β-unsaturated/α-hetero) is 1. The van der Waals surface area contributed by atoms with Crippen molar-refractivity contribution in [2.24, 2.45) is 5.92 Å². The highest BCUT2D eigenvalue weighted by Gasteiger charge is 2.15. The van der Waals surface area contributed by atoms with Gasteiger partial charge in [-0.2, -0.15) is 0 Å². The smallest absolute Gasteiger partial charge is 0.158 e. The van der Waals surface area contributed by atoms with E-state index in [0.29, 0.717) is 11.7 Å². The highest BCUT2D eigenvalue weighted by molar-refractivity contribution is 5.95. The van der Waals surface area contributed by atoms with Gasteiger partial charge in [0.1, 0.15) is 0 Å². The van der Waals surface area contributed by atoms with E-state index >= 15 is 0 Å². The normalized spacial score (nSPS) is 22.4. The second-order valence-corrected chi connectivity index (χ2v) is 4.01. The Morgan fingerprint density at radius 1 is 1.43 bits per heavy atom. The second-order valence-electron chi connectivity index (χ2n) is 4.01. The second kappa shape index (κ2) is 5.79. The van der Waals surface area contributed by atoms with Crippen molar-refractivity contribution in [3.05, 3.63) is 24.3 Å². The van der Waals surface area contributed by atoms with Crippen molar-refractivity contribution in [3.63, 3.8) is 0 Å². The van der Waals surface area contributed by atoms with Gasteiger partial charge in [0, 0.05) is 6.42 Å². The Bertz CT molecular complexity index is 238. The van der Waals surface area contributed by atoms with Crippen molar-refractivity contribution < 1.29 is 4.79 Å². The molecule has 0 aliphatic heterocycles. The van der Waals surface area contributed by atoms with Crippen LogP contribution in [0, 0.1) is 5.92 Å². The highest BCUT2D eigenvalue weighted by atomic mass is 16.1. The van der Waals surface area contributed by atoms with E-state index < -0.39 is 0 Å². The van der Waals surface area contributed by atoms with Gasteiger partial charge in [-0.25, -0.2) is 0 Å². The van der Waals surface area contributed by atoms with Crippen LogP contribution in [0.3, 0.4) is 0 Å². The van der Waals surface area contributed by atoms with E-state index in [9.17, 15) is 4.79 Å². The van der Waals surface area contributed by atoms with Gasteiger partial charge in [0.2, 0.25) is 0 Å². The first kappa shape index (κ1) is 11.2. The maximum Gasteiger partial charge on any atom is 0.158 e. The predicted molar refractivity (Wildman–Crippen MR) is 60.2 cm³/mol. The Morgan fingerprint density at radius 3 is 2.71 bits per heavy atom. The molecular weight excluding hydrogens is 172 g/mol. The van der Waals surface area contributed by atoms with Crippen LogP contribution in [0.5, 0.6) is 0 Å². The minimum atomic E-state index is 0.374. The molecule has 0 spiro atoms. The van der Waals surface area contributed by atoms with E-state index in [0.717, 1.165) is 37.7 Å². The van der Waals surface area contributed by atoms with E-state index in [2.05, 4.69) is 19.6 Å². The summed E-state index contributed by atoms with van der Waals surface area (Å²) in [6, 6.07) is 0. The van der Waals surface area contributed by atoms with Gasteiger partial charge < -0.3 is 0 Å². The topological polar surface area (TPSA) is 17.1 Å². The van der Waals surface area contributed by atoms with Crippen molar-refractivity contribution in [2.45, 2.75) is 45.4 Å². The highest BCUT2D eigenvalue weighted by Crippen LogP contribution is 2.23. The third kappa shape index (κ3) is 3.13. The SMILES string of the molecule is C=CCC(C=C1CCCCC1=O)CC. The van der Waals surface area contributed by atoms with Gasteiger partial charge in [-0.3, -0.25) is 4.79 Å². The maximum atomic E-state index is 11.6. The zero-order valence-corrected chi connectivity index (χ0v) is 9.09. The lowest BCUT2D eigenvalue weighted by Gasteiger charge is -2.15. The molecule has 0 aromatic heterocycles. The molecule has 1 fully saturated rings. The van der Waals surface area contributed by atoms with Gasteiger partial charge in [-0.1, -0.05) is 19.1 Å². The van der Waals surface area contributed by atoms with E-state index in [4.69, 9.17) is 0 Å². The molecule has 0 amide bonds. The first-order valence-corrected chi connectivity index (χ1v) is 5.62. The molecule has 1 rings (SSSR count). The summed E-state index contributed by atoms with van der Waals surface area (Å²) in [6.45, 7) is 5.91. The molecule has 0 bridgehead atoms. The van der Waals surface area contributed by atoms with Crippen LogP contribution < -0.4 is 0 Å². The molecule has 1 atom stereocenters. The zero-order valence-electron chi connectivity index (χ0n) is 9.09. The van der Waals surface area contributed by atoms with Crippen LogP contribution in [-0.2, 0) is 4.79 Å². The van der Waals surface area contributed by atoms with Crippen LogP contribution in [0.25, 0.3) is 0 Å². The number of allylic oxidation sites excluding steroid dienone is 3. The lowest BCUT2D eigenvalue weighted by atomic mass is 9.89. The number of hydrogen-bond acceptors (Lipinski definition) is 1. The quantitative estimate of drug-likeness (QED) is 0.491. The summed E-state index contributed by atoms with van der Waals surface area (Å²) in [6.07, 6.45) is 10.2. The maximum absolute atomic E-state index is 11.6. The van der Waals surface area contributed by atoms with Gasteiger partial charge in [0.05, 0.1) is 0 Å². The predicted octanol–water partition coefficient (Wildman–Crippen LogP) is 3.66. The van der Waals surface area contributed by atoms with Gasteiger partial charge in [0.25, 0.3) is 0 Å². The van der Waals surface area contributed by atoms with Gasteiger partial charge in [0.15, 0.2) is 5.78 Å². The Balaban J connectivity index is 2.62. The fourth-order valence-electron chi connectivity index (χ4n) is 1.93. The lowest BCUT2D eigenvalue weighted by molar-refractivity contribution is -0.116. The molecule has 0 aromatic rings. The first-order valence-electron chi connectivity index (χ1n) is 5.62. The molecule has 1 nitrogen and oxygen atoms in total. The van der Waals surface area contributed by atoms with Crippen LogP contribution in [0.1, 0.15) is 45.4 Å². The summed E-state index contributed by atoms with van der Waals surface area (Å²) < 4.78 is 0. The third-order valence-corrected chi connectivity index (χ3v) is 2.89. The Morgan fingerprint density at radius 2 is 2.14 bits per heavy atom. The molecular formula is C13H20O. The van der Waals surface area contributed by atoms with E-state index in [-0.39, 0.29) is 0 Å². The first-order chi connectivity index (χ1) is 6.77. The number of rotatable bonds is 4.